The molecule has 0 aliphatic carbocycles. The lowest BCUT2D eigenvalue weighted by Gasteiger charge is -2.12. The zero-order valence-electron chi connectivity index (χ0n) is 10.1. The average Bonchev–Trinajstić information content (AvgIpc) is 2.74. The maximum Gasteiger partial charge on any atom is 0.103 e. The van der Waals surface area contributed by atoms with Crippen LogP contribution in [0.15, 0.2) is 22.8 Å². The minimum atomic E-state index is -0.663. The second-order valence-electron chi connectivity index (χ2n) is 4.10. The molecule has 0 aliphatic heterocycles. The van der Waals surface area contributed by atoms with Crippen molar-refractivity contribution in [2.45, 2.75) is 32.2 Å². The molecule has 2 atom stereocenters. The highest BCUT2D eigenvalue weighted by molar-refractivity contribution is 7.84. The third-order valence-corrected chi connectivity index (χ3v) is 3.37. The van der Waals surface area contributed by atoms with E-state index in [0.29, 0.717) is 6.04 Å². The first-order valence-electron chi connectivity index (χ1n) is 5.74. The Hall–Kier alpha value is -0.610. The van der Waals surface area contributed by atoms with E-state index in [1.807, 2.05) is 12.1 Å². The van der Waals surface area contributed by atoms with E-state index in [1.54, 1.807) is 12.5 Å². The van der Waals surface area contributed by atoms with E-state index in [2.05, 4.69) is 12.2 Å². The molecule has 1 N–H and O–H groups in total. The van der Waals surface area contributed by atoms with Gasteiger partial charge in [0.2, 0.25) is 0 Å². The highest BCUT2D eigenvalue weighted by Gasteiger charge is 2.03. The first-order valence-corrected chi connectivity index (χ1v) is 7.47. The highest BCUT2D eigenvalue weighted by Crippen LogP contribution is 2.05. The van der Waals surface area contributed by atoms with Gasteiger partial charge in [0.25, 0.3) is 0 Å². The summed E-state index contributed by atoms with van der Waals surface area (Å²) in [4.78, 5) is 0. The number of nitrogens with one attached hydrogen (secondary N) is 1. The van der Waals surface area contributed by atoms with Crippen molar-refractivity contribution < 1.29 is 8.63 Å². The van der Waals surface area contributed by atoms with Crippen molar-refractivity contribution in [2.75, 3.05) is 18.6 Å². The lowest BCUT2D eigenvalue weighted by molar-refractivity contribution is 0.460. The SMILES string of the molecule is CC(CCc1ccco1)NCCCS(C)=O. The summed E-state index contributed by atoms with van der Waals surface area (Å²) in [5.74, 6) is 1.83. The third kappa shape index (κ3) is 6.08. The van der Waals surface area contributed by atoms with Gasteiger partial charge in [-0.05, 0) is 38.4 Å². The summed E-state index contributed by atoms with van der Waals surface area (Å²) in [6.07, 6.45) is 6.49. The summed E-state index contributed by atoms with van der Waals surface area (Å²) >= 11 is 0. The van der Waals surface area contributed by atoms with Crippen LogP contribution in [0, 0.1) is 0 Å². The fourth-order valence-electron chi connectivity index (χ4n) is 1.54. The van der Waals surface area contributed by atoms with Crippen molar-refractivity contribution in [3.8, 4) is 0 Å². The van der Waals surface area contributed by atoms with Gasteiger partial charge in [-0.1, -0.05) is 0 Å². The van der Waals surface area contributed by atoms with E-state index in [9.17, 15) is 4.21 Å². The molecule has 3 nitrogen and oxygen atoms in total. The first kappa shape index (κ1) is 13.5. The number of aryl methyl sites for hydroxylation is 1. The fraction of sp³-hybridized carbons (Fsp3) is 0.667. The topological polar surface area (TPSA) is 42.2 Å². The molecular weight excluding hydrogens is 222 g/mol. The Morgan fingerprint density at radius 3 is 3.00 bits per heavy atom. The summed E-state index contributed by atoms with van der Waals surface area (Å²) in [6, 6.07) is 4.41. The smallest absolute Gasteiger partial charge is 0.103 e. The van der Waals surface area contributed by atoms with Crippen LogP contribution < -0.4 is 5.32 Å². The Bertz CT molecular complexity index is 298. The predicted octanol–water partition coefficient (Wildman–Crippen LogP) is 1.96. The maximum atomic E-state index is 10.8. The zero-order valence-corrected chi connectivity index (χ0v) is 10.9. The Balaban J connectivity index is 2.02. The molecule has 1 heterocycles. The summed E-state index contributed by atoms with van der Waals surface area (Å²) in [5.41, 5.74) is 0. The molecule has 1 aromatic rings. The van der Waals surface area contributed by atoms with E-state index < -0.39 is 10.8 Å². The Morgan fingerprint density at radius 1 is 1.56 bits per heavy atom. The van der Waals surface area contributed by atoms with Crippen molar-refractivity contribution in [3.63, 3.8) is 0 Å². The van der Waals surface area contributed by atoms with E-state index in [-0.39, 0.29) is 0 Å². The van der Waals surface area contributed by atoms with Crippen LogP contribution in [0.3, 0.4) is 0 Å². The van der Waals surface area contributed by atoms with Crippen molar-refractivity contribution in [1.82, 2.24) is 5.32 Å². The zero-order chi connectivity index (χ0) is 11.8. The van der Waals surface area contributed by atoms with Gasteiger partial charge in [-0.15, -0.1) is 0 Å². The van der Waals surface area contributed by atoms with Gasteiger partial charge in [-0.3, -0.25) is 4.21 Å². The summed E-state index contributed by atoms with van der Waals surface area (Å²) in [7, 11) is -0.663. The van der Waals surface area contributed by atoms with Crippen LogP contribution in [-0.2, 0) is 17.2 Å². The van der Waals surface area contributed by atoms with E-state index in [4.69, 9.17) is 4.42 Å². The highest BCUT2D eigenvalue weighted by atomic mass is 32.2. The number of hydrogen-bond donors (Lipinski definition) is 1. The second kappa shape index (κ2) is 7.63. The molecule has 1 aromatic heterocycles. The lowest BCUT2D eigenvalue weighted by atomic mass is 10.1. The number of rotatable bonds is 8. The molecule has 0 spiro atoms. The van der Waals surface area contributed by atoms with Gasteiger partial charge in [-0.2, -0.15) is 0 Å². The molecule has 0 aliphatic rings. The van der Waals surface area contributed by atoms with Crippen LogP contribution in [0.4, 0.5) is 0 Å². The molecule has 0 radical (unpaired) electrons. The molecule has 16 heavy (non-hydrogen) atoms. The lowest BCUT2D eigenvalue weighted by Crippen LogP contribution is -2.28. The molecule has 0 amide bonds. The van der Waals surface area contributed by atoms with Crippen LogP contribution >= 0.6 is 0 Å². The van der Waals surface area contributed by atoms with Crippen LogP contribution in [0.2, 0.25) is 0 Å². The van der Waals surface area contributed by atoms with Crippen molar-refractivity contribution >= 4 is 10.8 Å². The van der Waals surface area contributed by atoms with Crippen molar-refractivity contribution in [2.24, 2.45) is 0 Å². The molecule has 0 aromatic carbocycles. The summed E-state index contributed by atoms with van der Waals surface area (Å²) in [5, 5.41) is 3.42. The number of furan rings is 1. The quantitative estimate of drug-likeness (QED) is 0.710. The molecule has 0 saturated carbocycles. The predicted molar refractivity (Wildman–Crippen MR) is 68.0 cm³/mol. The summed E-state index contributed by atoms with van der Waals surface area (Å²) < 4.78 is 16.1. The minimum absolute atomic E-state index is 0.482. The molecular formula is C12H21NO2S. The Morgan fingerprint density at radius 2 is 2.38 bits per heavy atom. The van der Waals surface area contributed by atoms with Crippen LogP contribution in [-0.4, -0.2) is 28.8 Å². The van der Waals surface area contributed by atoms with E-state index >= 15 is 0 Å². The van der Waals surface area contributed by atoms with Gasteiger partial charge >= 0.3 is 0 Å². The minimum Gasteiger partial charge on any atom is -0.469 e. The molecule has 0 bridgehead atoms. The van der Waals surface area contributed by atoms with Gasteiger partial charge < -0.3 is 9.73 Å². The van der Waals surface area contributed by atoms with Gasteiger partial charge in [0.15, 0.2) is 0 Å². The standard InChI is InChI=1S/C12H21NO2S/c1-11(13-8-4-10-16(2)14)6-7-12-5-3-9-15-12/h3,5,9,11,13H,4,6-8,10H2,1-2H3. The molecule has 4 heteroatoms. The fourth-order valence-corrected chi connectivity index (χ4v) is 2.09. The molecule has 0 saturated heterocycles. The largest absolute Gasteiger partial charge is 0.469 e. The van der Waals surface area contributed by atoms with Gasteiger partial charge in [0.05, 0.1) is 6.26 Å². The first-order chi connectivity index (χ1) is 7.68. The third-order valence-electron chi connectivity index (χ3n) is 2.51. The van der Waals surface area contributed by atoms with Crippen LogP contribution in [0.5, 0.6) is 0 Å². The van der Waals surface area contributed by atoms with Gasteiger partial charge in [0, 0.05) is 35.3 Å². The van der Waals surface area contributed by atoms with Gasteiger partial charge in [0.1, 0.15) is 5.76 Å². The van der Waals surface area contributed by atoms with Crippen molar-refractivity contribution in [3.05, 3.63) is 24.2 Å². The normalized spacial score (nSPS) is 14.9. The molecule has 92 valence electrons. The Labute approximate surface area is 100 Å². The second-order valence-corrected chi connectivity index (χ2v) is 5.66. The molecule has 2 unspecified atom stereocenters. The van der Waals surface area contributed by atoms with Crippen LogP contribution in [0.25, 0.3) is 0 Å². The van der Waals surface area contributed by atoms with Crippen LogP contribution in [0.1, 0.15) is 25.5 Å². The van der Waals surface area contributed by atoms with E-state index in [1.165, 1.54) is 0 Å². The molecule has 1 rings (SSSR count). The average molecular weight is 243 g/mol. The molecule has 0 fully saturated rings. The van der Waals surface area contributed by atoms with Gasteiger partial charge in [-0.25, -0.2) is 0 Å². The monoisotopic (exact) mass is 243 g/mol. The Kier molecular flexibility index (Phi) is 6.42. The number of hydrogen-bond acceptors (Lipinski definition) is 3. The van der Waals surface area contributed by atoms with Crippen molar-refractivity contribution in [1.29, 1.82) is 0 Å². The summed E-state index contributed by atoms with van der Waals surface area (Å²) in [6.45, 7) is 3.12. The maximum absolute atomic E-state index is 10.8. The van der Waals surface area contributed by atoms with E-state index in [0.717, 1.165) is 37.3 Å².